The molecular formula is C15H16ClN3OS. The summed E-state index contributed by atoms with van der Waals surface area (Å²) in [5.41, 5.74) is 1.87. The highest BCUT2D eigenvalue weighted by molar-refractivity contribution is 7.15. The molecule has 0 bridgehead atoms. The Bertz CT molecular complexity index is 681. The van der Waals surface area contributed by atoms with Gasteiger partial charge < -0.3 is 10.1 Å². The number of anilines is 1. The molecule has 0 unspecified atom stereocenters. The lowest BCUT2D eigenvalue weighted by molar-refractivity contribution is 0.279. The van der Waals surface area contributed by atoms with Crippen molar-refractivity contribution in [1.29, 1.82) is 0 Å². The normalized spacial score (nSPS) is 16.4. The lowest BCUT2D eigenvalue weighted by Gasteiger charge is -2.07. The lowest BCUT2D eigenvalue weighted by Crippen LogP contribution is -2.17. The number of nitrogens with zero attached hydrogens (tertiary/aromatic N) is 2. The molecule has 6 heteroatoms. The maximum absolute atomic E-state index is 5.83. The molecule has 0 radical (unpaired) electrons. The second-order valence-electron chi connectivity index (χ2n) is 5.53. The maximum atomic E-state index is 5.83. The van der Waals surface area contributed by atoms with Gasteiger partial charge in [-0.15, -0.1) is 11.3 Å². The minimum atomic E-state index is -0.141. The Morgan fingerprint density at radius 1 is 1.43 bits per heavy atom. The number of rotatable bonds is 4. The Balaban J connectivity index is 1.72. The van der Waals surface area contributed by atoms with Gasteiger partial charge in [0.25, 0.3) is 0 Å². The lowest BCUT2D eigenvalue weighted by atomic mass is 10.1. The van der Waals surface area contributed by atoms with Gasteiger partial charge in [-0.3, -0.25) is 0 Å². The number of ether oxygens (including phenoxy) is 1. The topological polar surface area (TPSA) is 46.5 Å². The average Bonchev–Trinajstić information content (AvgIpc) is 3.02. The van der Waals surface area contributed by atoms with Crippen molar-refractivity contribution in [3.8, 4) is 0 Å². The first-order chi connectivity index (χ1) is 10.0. The molecule has 2 aromatic rings. The summed E-state index contributed by atoms with van der Waals surface area (Å²) in [6.45, 7) is 5.46. The predicted octanol–water partition coefficient (Wildman–Crippen LogP) is 3.96. The fourth-order valence-electron chi connectivity index (χ4n) is 2.05. The monoisotopic (exact) mass is 321 g/mol. The smallest absolute Gasteiger partial charge is 0.216 e. The van der Waals surface area contributed by atoms with E-state index in [0.717, 1.165) is 16.1 Å². The van der Waals surface area contributed by atoms with E-state index in [9.17, 15) is 0 Å². The summed E-state index contributed by atoms with van der Waals surface area (Å²) < 4.78 is 6.24. The zero-order valence-corrected chi connectivity index (χ0v) is 13.5. The SMILES string of the molecule is CC1(C)COC(c2cccc(NCc3cnc(Cl)s3)c2)=N1. The Hall–Kier alpha value is -1.59. The molecule has 1 aliphatic heterocycles. The second-order valence-corrected chi connectivity index (χ2v) is 7.23. The molecule has 2 heterocycles. The molecule has 4 nitrogen and oxygen atoms in total. The Morgan fingerprint density at radius 3 is 2.95 bits per heavy atom. The van der Waals surface area contributed by atoms with Crippen LogP contribution in [0.4, 0.5) is 5.69 Å². The zero-order valence-electron chi connectivity index (χ0n) is 11.9. The molecule has 0 fully saturated rings. The van der Waals surface area contributed by atoms with Crippen molar-refractivity contribution < 1.29 is 4.74 Å². The maximum Gasteiger partial charge on any atom is 0.216 e. The average molecular weight is 322 g/mol. The first kappa shape index (κ1) is 14.4. The van der Waals surface area contributed by atoms with Gasteiger partial charge in [0.05, 0.1) is 12.1 Å². The highest BCUT2D eigenvalue weighted by Gasteiger charge is 2.26. The predicted molar refractivity (Wildman–Crippen MR) is 87.5 cm³/mol. The number of aromatic nitrogens is 1. The Morgan fingerprint density at radius 2 is 2.29 bits per heavy atom. The minimum absolute atomic E-state index is 0.141. The van der Waals surface area contributed by atoms with Crippen LogP contribution in [0.3, 0.4) is 0 Å². The van der Waals surface area contributed by atoms with Gasteiger partial charge in [0.1, 0.15) is 6.61 Å². The van der Waals surface area contributed by atoms with Crippen molar-refractivity contribution in [2.75, 3.05) is 11.9 Å². The van der Waals surface area contributed by atoms with Crippen LogP contribution in [-0.4, -0.2) is 23.0 Å². The van der Waals surface area contributed by atoms with Gasteiger partial charge in [-0.05, 0) is 32.0 Å². The standard InChI is InChI=1S/C15H16ClN3OS/c1-15(2)9-20-13(19-15)10-4-3-5-11(6-10)17-7-12-8-18-14(16)21-12/h3-6,8,17H,7,9H2,1-2H3. The Kier molecular flexibility index (Phi) is 3.87. The van der Waals surface area contributed by atoms with Gasteiger partial charge in [-0.2, -0.15) is 0 Å². The van der Waals surface area contributed by atoms with E-state index < -0.39 is 0 Å². The summed E-state index contributed by atoms with van der Waals surface area (Å²) in [5, 5.41) is 3.36. The van der Waals surface area contributed by atoms with Crippen molar-refractivity contribution in [2.45, 2.75) is 25.9 Å². The summed E-state index contributed by atoms with van der Waals surface area (Å²) >= 11 is 7.31. The molecule has 0 saturated heterocycles. The summed E-state index contributed by atoms with van der Waals surface area (Å²) in [6, 6.07) is 8.07. The van der Waals surface area contributed by atoms with E-state index in [4.69, 9.17) is 16.3 Å². The van der Waals surface area contributed by atoms with Crippen LogP contribution in [0.1, 0.15) is 24.3 Å². The van der Waals surface area contributed by atoms with Gasteiger partial charge in [0.2, 0.25) is 5.90 Å². The molecule has 1 N–H and O–H groups in total. The second kappa shape index (κ2) is 5.66. The number of benzene rings is 1. The van der Waals surface area contributed by atoms with Crippen LogP contribution in [-0.2, 0) is 11.3 Å². The van der Waals surface area contributed by atoms with Crippen molar-refractivity contribution in [3.05, 3.63) is 45.4 Å². The van der Waals surface area contributed by atoms with E-state index in [2.05, 4.69) is 29.1 Å². The van der Waals surface area contributed by atoms with Crippen LogP contribution < -0.4 is 5.32 Å². The van der Waals surface area contributed by atoms with Crippen LogP contribution in [0.15, 0.2) is 35.5 Å². The van der Waals surface area contributed by atoms with Crippen molar-refractivity contribution in [2.24, 2.45) is 4.99 Å². The third-order valence-corrected chi connectivity index (χ3v) is 4.18. The fraction of sp³-hybridized carbons (Fsp3) is 0.333. The van der Waals surface area contributed by atoms with Crippen molar-refractivity contribution in [1.82, 2.24) is 4.98 Å². The third-order valence-electron chi connectivity index (χ3n) is 3.07. The number of aliphatic imine (C=N–C) groups is 1. The van der Waals surface area contributed by atoms with Gasteiger partial charge in [0, 0.05) is 22.3 Å². The van der Waals surface area contributed by atoms with Gasteiger partial charge in [-0.25, -0.2) is 9.98 Å². The molecule has 21 heavy (non-hydrogen) atoms. The van der Waals surface area contributed by atoms with Gasteiger partial charge >= 0.3 is 0 Å². The van der Waals surface area contributed by atoms with E-state index in [0.29, 0.717) is 23.5 Å². The first-order valence-electron chi connectivity index (χ1n) is 6.69. The van der Waals surface area contributed by atoms with E-state index in [-0.39, 0.29) is 5.54 Å². The molecule has 0 saturated carbocycles. The highest BCUT2D eigenvalue weighted by atomic mass is 35.5. The van der Waals surface area contributed by atoms with Gasteiger partial charge in [0.15, 0.2) is 4.47 Å². The van der Waals surface area contributed by atoms with Crippen molar-refractivity contribution in [3.63, 3.8) is 0 Å². The molecular weight excluding hydrogens is 306 g/mol. The zero-order chi connectivity index (χ0) is 14.9. The van der Waals surface area contributed by atoms with E-state index in [1.54, 1.807) is 6.20 Å². The van der Waals surface area contributed by atoms with Crippen LogP contribution in [0, 0.1) is 0 Å². The Labute approximate surface area is 132 Å². The van der Waals surface area contributed by atoms with Crippen LogP contribution in [0.5, 0.6) is 0 Å². The summed E-state index contributed by atoms with van der Waals surface area (Å²) in [5.74, 6) is 0.712. The number of halogens is 1. The summed E-state index contributed by atoms with van der Waals surface area (Å²) in [6.07, 6.45) is 1.79. The highest BCUT2D eigenvalue weighted by Crippen LogP contribution is 2.23. The van der Waals surface area contributed by atoms with Crippen LogP contribution in [0.25, 0.3) is 0 Å². The summed E-state index contributed by atoms with van der Waals surface area (Å²) in [4.78, 5) is 9.72. The molecule has 1 aliphatic rings. The molecule has 1 aromatic carbocycles. The van der Waals surface area contributed by atoms with Crippen molar-refractivity contribution >= 4 is 34.5 Å². The van der Waals surface area contributed by atoms with Crippen LogP contribution in [0.2, 0.25) is 4.47 Å². The molecule has 0 atom stereocenters. The fourth-order valence-corrected chi connectivity index (χ4v) is 2.97. The summed E-state index contributed by atoms with van der Waals surface area (Å²) in [7, 11) is 0. The molecule has 0 spiro atoms. The number of thiazole rings is 1. The largest absolute Gasteiger partial charge is 0.475 e. The third kappa shape index (κ3) is 3.54. The van der Waals surface area contributed by atoms with E-state index in [1.165, 1.54) is 11.3 Å². The molecule has 3 rings (SSSR count). The molecule has 0 amide bonds. The van der Waals surface area contributed by atoms with Crippen LogP contribution >= 0.6 is 22.9 Å². The number of hydrogen-bond acceptors (Lipinski definition) is 5. The van der Waals surface area contributed by atoms with E-state index in [1.807, 2.05) is 24.3 Å². The number of hydrogen-bond donors (Lipinski definition) is 1. The molecule has 0 aliphatic carbocycles. The number of nitrogens with one attached hydrogen (secondary N) is 1. The van der Waals surface area contributed by atoms with Gasteiger partial charge in [-0.1, -0.05) is 17.7 Å². The molecule has 1 aromatic heterocycles. The van der Waals surface area contributed by atoms with E-state index >= 15 is 0 Å². The minimum Gasteiger partial charge on any atom is -0.475 e. The molecule has 110 valence electrons. The quantitative estimate of drug-likeness (QED) is 0.927. The first-order valence-corrected chi connectivity index (χ1v) is 7.88.